The molecule has 1 aliphatic heterocycles. The number of nitrogens with zero attached hydrogens (tertiary/aromatic N) is 3. The number of alkyl halides is 3. The van der Waals surface area contributed by atoms with E-state index in [2.05, 4.69) is 9.97 Å². The van der Waals surface area contributed by atoms with Gasteiger partial charge in [-0.15, -0.1) is 0 Å². The fourth-order valence-electron chi connectivity index (χ4n) is 2.63. The van der Waals surface area contributed by atoms with Gasteiger partial charge in [0, 0.05) is 31.4 Å². The lowest BCUT2D eigenvalue weighted by Gasteiger charge is -2.17. The SMILES string of the molecule is NC(=O)c1ccc(C(=O)N2CCC(Oc3ccc(C(F)(F)F)cn3)C2)nc1. The molecule has 0 aromatic carbocycles. The number of carbonyl (C=O) groups is 2. The quantitative estimate of drug-likeness (QED) is 0.873. The molecule has 1 saturated heterocycles. The van der Waals surface area contributed by atoms with Gasteiger partial charge in [0.2, 0.25) is 11.8 Å². The summed E-state index contributed by atoms with van der Waals surface area (Å²) < 4.78 is 43.2. The van der Waals surface area contributed by atoms with Crippen LogP contribution in [0.25, 0.3) is 0 Å². The number of hydrogen-bond acceptors (Lipinski definition) is 5. The number of pyridine rings is 2. The Bertz CT molecular complexity index is 838. The summed E-state index contributed by atoms with van der Waals surface area (Å²) in [5.41, 5.74) is 4.63. The average molecular weight is 380 g/mol. The zero-order chi connectivity index (χ0) is 19.6. The fraction of sp³-hybridized carbons (Fsp3) is 0.294. The third kappa shape index (κ3) is 4.33. The summed E-state index contributed by atoms with van der Waals surface area (Å²) in [6, 6.07) is 4.87. The van der Waals surface area contributed by atoms with Crippen LogP contribution < -0.4 is 10.5 Å². The summed E-state index contributed by atoms with van der Waals surface area (Å²) in [5, 5.41) is 0. The lowest BCUT2D eigenvalue weighted by atomic mass is 10.2. The van der Waals surface area contributed by atoms with Crippen molar-refractivity contribution in [3.63, 3.8) is 0 Å². The molecule has 2 aromatic heterocycles. The van der Waals surface area contributed by atoms with E-state index in [0.717, 1.165) is 12.1 Å². The maximum atomic E-state index is 12.5. The van der Waals surface area contributed by atoms with E-state index in [0.29, 0.717) is 19.2 Å². The molecule has 2 aromatic rings. The number of rotatable bonds is 4. The van der Waals surface area contributed by atoms with Crippen LogP contribution in [0.2, 0.25) is 0 Å². The van der Waals surface area contributed by atoms with E-state index >= 15 is 0 Å². The molecule has 3 heterocycles. The first kappa shape index (κ1) is 18.6. The highest BCUT2D eigenvalue weighted by molar-refractivity contribution is 5.95. The zero-order valence-electron chi connectivity index (χ0n) is 13.9. The second kappa shape index (κ2) is 7.22. The molecule has 142 valence electrons. The van der Waals surface area contributed by atoms with Crippen molar-refractivity contribution >= 4 is 11.8 Å². The highest BCUT2D eigenvalue weighted by Crippen LogP contribution is 2.29. The average Bonchev–Trinajstić information content (AvgIpc) is 3.09. The molecule has 1 atom stereocenters. The molecular formula is C17H15F3N4O3. The molecular weight excluding hydrogens is 365 g/mol. The number of amides is 2. The van der Waals surface area contributed by atoms with E-state index in [1.165, 1.54) is 23.2 Å². The maximum Gasteiger partial charge on any atom is 0.417 e. The van der Waals surface area contributed by atoms with Crippen LogP contribution in [0.4, 0.5) is 13.2 Å². The van der Waals surface area contributed by atoms with Crippen LogP contribution in [0.5, 0.6) is 5.88 Å². The number of carbonyl (C=O) groups excluding carboxylic acids is 2. The van der Waals surface area contributed by atoms with Gasteiger partial charge >= 0.3 is 6.18 Å². The third-order valence-corrected chi connectivity index (χ3v) is 4.05. The van der Waals surface area contributed by atoms with E-state index < -0.39 is 17.6 Å². The van der Waals surface area contributed by atoms with Gasteiger partial charge in [-0.05, 0) is 18.2 Å². The van der Waals surface area contributed by atoms with Crippen molar-refractivity contribution in [2.75, 3.05) is 13.1 Å². The number of nitrogens with two attached hydrogens (primary N) is 1. The molecule has 2 amide bonds. The second-order valence-electron chi connectivity index (χ2n) is 5.96. The van der Waals surface area contributed by atoms with Gasteiger partial charge in [0.05, 0.1) is 17.7 Å². The molecule has 0 saturated carbocycles. The van der Waals surface area contributed by atoms with Gasteiger partial charge in [-0.1, -0.05) is 0 Å². The summed E-state index contributed by atoms with van der Waals surface area (Å²) in [7, 11) is 0. The van der Waals surface area contributed by atoms with Gasteiger partial charge in [-0.3, -0.25) is 14.6 Å². The van der Waals surface area contributed by atoms with Crippen LogP contribution >= 0.6 is 0 Å². The number of aromatic nitrogens is 2. The van der Waals surface area contributed by atoms with Gasteiger partial charge < -0.3 is 15.4 Å². The molecule has 0 spiro atoms. The normalized spacial score (nSPS) is 17.0. The second-order valence-corrected chi connectivity index (χ2v) is 5.96. The molecule has 7 nitrogen and oxygen atoms in total. The molecule has 0 aliphatic carbocycles. The predicted octanol–water partition coefficient (Wildman–Crippen LogP) is 1.89. The minimum Gasteiger partial charge on any atom is -0.472 e. The monoisotopic (exact) mass is 380 g/mol. The summed E-state index contributed by atoms with van der Waals surface area (Å²) in [6.07, 6.45) is -2.40. The van der Waals surface area contributed by atoms with Crippen LogP contribution in [0.15, 0.2) is 36.7 Å². The third-order valence-electron chi connectivity index (χ3n) is 4.05. The lowest BCUT2D eigenvalue weighted by molar-refractivity contribution is -0.137. The van der Waals surface area contributed by atoms with E-state index in [4.69, 9.17) is 10.5 Å². The molecule has 1 aliphatic rings. The Morgan fingerprint density at radius 1 is 1.15 bits per heavy atom. The lowest BCUT2D eigenvalue weighted by Crippen LogP contribution is -2.31. The van der Waals surface area contributed by atoms with E-state index in [9.17, 15) is 22.8 Å². The highest BCUT2D eigenvalue weighted by atomic mass is 19.4. The van der Waals surface area contributed by atoms with Gasteiger partial charge in [-0.2, -0.15) is 13.2 Å². The number of primary amides is 1. The summed E-state index contributed by atoms with van der Waals surface area (Å²) >= 11 is 0. The van der Waals surface area contributed by atoms with Gasteiger partial charge in [-0.25, -0.2) is 4.98 Å². The number of likely N-dealkylation sites (tertiary alicyclic amines) is 1. The summed E-state index contributed by atoms with van der Waals surface area (Å²) in [6.45, 7) is 0.657. The molecule has 0 radical (unpaired) electrons. The summed E-state index contributed by atoms with van der Waals surface area (Å²) in [5.74, 6) is -0.913. The fourth-order valence-corrected chi connectivity index (χ4v) is 2.63. The van der Waals surface area contributed by atoms with Crippen molar-refractivity contribution < 1.29 is 27.5 Å². The van der Waals surface area contributed by atoms with Crippen LogP contribution in [0, 0.1) is 0 Å². The minimum atomic E-state index is -4.46. The van der Waals surface area contributed by atoms with Crippen molar-refractivity contribution in [3.05, 3.63) is 53.5 Å². The molecule has 1 fully saturated rings. The highest BCUT2D eigenvalue weighted by Gasteiger charge is 2.32. The van der Waals surface area contributed by atoms with Gasteiger partial charge in [0.15, 0.2) is 0 Å². The predicted molar refractivity (Wildman–Crippen MR) is 86.9 cm³/mol. The van der Waals surface area contributed by atoms with Crippen LogP contribution in [0.1, 0.15) is 32.8 Å². The smallest absolute Gasteiger partial charge is 0.417 e. The van der Waals surface area contributed by atoms with Crippen LogP contribution in [0.3, 0.4) is 0 Å². The van der Waals surface area contributed by atoms with E-state index in [-0.39, 0.29) is 35.7 Å². The Kier molecular flexibility index (Phi) is 4.98. The first-order valence-corrected chi connectivity index (χ1v) is 7.99. The number of ether oxygens (including phenoxy) is 1. The van der Waals surface area contributed by atoms with Crippen molar-refractivity contribution in [2.45, 2.75) is 18.7 Å². The van der Waals surface area contributed by atoms with Crippen LogP contribution in [-0.2, 0) is 6.18 Å². The maximum absolute atomic E-state index is 12.5. The topological polar surface area (TPSA) is 98.4 Å². The largest absolute Gasteiger partial charge is 0.472 e. The number of halogens is 3. The first-order chi connectivity index (χ1) is 12.7. The molecule has 3 rings (SSSR count). The van der Waals surface area contributed by atoms with Crippen molar-refractivity contribution in [1.29, 1.82) is 0 Å². The Morgan fingerprint density at radius 2 is 1.93 bits per heavy atom. The standard InChI is InChI=1S/C17H15F3N4O3/c18-17(19,20)11-2-4-14(23-8-11)27-12-5-6-24(9-12)16(26)13-3-1-10(7-22-13)15(21)25/h1-4,7-8,12H,5-6,9H2,(H2,21,25). The Morgan fingerprint density at radius 3 is 2.48 bits per heavy atom. The van der Waals surface area contributed by atoms with Crippen molar-refractivity contribution in [1.82, 2.24) is 14.9 Å². The molecule has 0 bridgehead atoms. The van der Waals surface area contributed by atoms with Crippen molar-refractivity contribution in [2.24, 2.45) is 5.73 Å². The van der Waals surface area contributed by atoms with E-state index in [1.54, 1.807) is 0 Å². The minimum absolute atomic E-state index is 0.0613. The van der Waals surface area contributed by atoms with Crippen LogP contribution in [-0.4, -0.2) is 45.9 Å². The molecule has 1 unspecified atom stereocenters. The molecule has 10 heteroatoms. The first-order valence-electron chi connectivity index (χ1n) is 7.99. The molecule has 27 heavy (non-hydrogen) atoms. The zero-order valence-corrected chi connectivity index (χ0v) is 13.9. The van der Waals surface area contributed by atoms with Gasteiger partial charge in [0.1, 0.15) is 11.8 Å². The Balaban J connectivity index is 1.59. The Labute approximate surface area is 152 Å². The summed E-state index contributed by atoms with van der Waals surface area (Å²) in [4.78, 5) is 32.6. The van der Waals surface area contributed by atoms with Gasteiger partial charge in [0.25, 0.3) is 5.91 Å². The number of hydrogen-bond donors (Lipinski definition) is 1. The Hall–Kier alpha value is -3.17. The van der Waals surface area contributed by atoms with E-state index in [1.807, 2.05) is 0 Å². The van der Waals surface area contributed by atoms with Crippen molar-refractivity contribution in [3.8, 4) is 5.88 Å². The molecule has 2 N–H and O–H groups in total.